The predicted molar refractivity (Wildman–Crippen MR) is 75.8 cm³/mol. The van der Waals surface area contributed by atoms with E-state index in [4.69, 9.17) is 0 Å². The molecule has 1 atom stereocenters. The fourth-order valence-corrected chi connectivity index (χ4v) is 2.79. The standard InChI is InChI=1S/C15H15N3O4/c1-16(2)8-17-12(19)7-11(15(17)22)18-13(20)9-5-3-4-6-10(9)14(18)21/h3-6,11H,7-8H2,1-2H3. The Balaban J connectivity index is 1.91. The van der Waals surface area contributed by atoms with E-state index in [0.29, 0.717) is 0 Å². The van der Waals surface area contributed by atoms with Crippen LogP contribution in [0.3, 0.4) is 0 Å². The van der Waals surface area contributed by atoms with Crippen LogP contribution in [-0.2, 0) is 9.59 Å². The first-order chi connectivity index (χ1) is 10.4. The molecule has 2 aliphatic rings. The van der Waals surface area contributed by atoms with Crippen LogP contribution < -0.4 is 0 Å². The lowest BCUT2D eigenvalue weighted by Crippen LogP contribution is -2.46. The minimum atomic E-state index is -1.04. The maximum Gasteiger partial charge on any atom is 0.262 e. The van der Waals surface area contributed by atoms with E-state index >= 15 is 0 Å². The van der Waals surface area contributed by atoms with Gasteiger partial charge in [0.2, 0.25) is 5.91 Å². The van der Waals surface area contributed by atoms with Gasteiger partial charge in [-0.1, -0.05) is 12.1 Å². The molecule has 1 aromatic carbocycles. The zero-order valence-electron chi connectivity index (χ0n) is 12.3. The van der Waals surface area contributed by atoms with Gasteiger partial charge in [0.25, 0.3) is 17.7 Å². The first kappa shape index (κ1) is 14.4. The van der Waals surface area contributed by atoms with Gasteiger partial charge in [-0.05, 0) is 26.2 Å². The van der Waals surface area contributed by atoms with Gasteiger partial charge in [-0.15, -0.1) is 0 Å². The maximum atomic E-state index is 12.4. The number of hydrogen-bond donors (Lipinski definition) is 0. The quantitative estimate of drug-likeness (QED) is 0.730. The highest BCUT2D eigenvalue weighted by atomic mass is 16.2. The largest absolute Gasteiger partial charge is 0.292 e. The SMILES string of the molecule is CN(C)CN1C(=O)CC(N2C(=O)c3ccccc3C2=O)C1=O. The lowest BCUT2D eigenvalue weighted by Gasteiger charge is -2.22. The minimum Gasteiger partial charge on any atom is -0.292 e. The van der Waals surface area contributed by atoms with Crippen LogP contribution in [-0.4, -0.2) is 65.1 Å². The molecule has 1 saturated heterocycles. The highest BCUT2D eigenvalue weighted by molar-refractivity contribution is 6.24. The predicted octanol–water partition coefficient (Wildman–Crippen LogP) is -0.0708. The summed E-state index contributed by atoms with van der Waals surface area (Å²) < 4.78 is 0. The molecule has 2 aliphatic heterocycles. The van der Waals surface area contributed by atoms with Gasteiger partial charge in [-0.25, -0.2) is 0 Å². The van der Waals surface area contributed by atoms with E-state index < -0.39 is 23.8 Å². The second-order valence-corrected chi connectivity index (χ2v) is 5.63. The molecule has 4 amide bonds. The second-order valence-electron chi connectivity index (χ2n) is 5.63. The van der Waals surface area contributed by atoms with Crippen molar-refractivity contribution < 1.29 is 19.2 Å². The summed E-state index contributed by atoms with van der Waals surface area (Å²) in [5, 5.41) is 0. The van der Waals surface area contributed by atoms with Crippen molar-refractivity contribution in [1.82, 2.24) is 14.7 Å². The molecular formula is C15H15N3O4. The van der Waals surface area contributed by atoms with E-state index in [1.807, 2.05) is 0 Å². The molecule has 114 valence electrons. The smallest absolute Gasteiger partial charge is 0.262 e. The van der Waals surface area contributed by atoms with Gasteiger partial charge in [-0.2, -0.15) is 0 Å². The maximum absolute atomic E-state index is 12.4. The number of rotatable bonds is 3. The Hall–Kier alpha value is -2.54. The molecular weight excluding hydrogens is 286 g/mol. The second kappa shape index (κ2) is 5.03. The van der Waals surface area contributed by atoms with Crippen molar-refractivity contribution in [3.05, 3.63) is 35.4 Å². The molecule has 0 spiro atoms. The molecule has 1 unspecified atom stereocenters. The minimum absolute atomic E-state index is 0.136. The summed E-state index contributed by atoms with van der Waals surface area (Å²) in [6.07, 6.45) is -0.155. The van der Waals surface area contributed by atoms with Crippen LogP contribution in [0, 0.1) is 0 Å². The average Bonchev–Trinajstić information content (AvgIpc) is 2.88. The lowest BCUT2D eigenvalue weighted by molar-refractivity contribution is -0.141. The summed E-state index contributed by atoms with van der Waals surface area (Å²) >= 11 is 0. The Morgan fingerprint density at radius 3 is 2.09 bits per heavy atom. The van der Waals surface area contributed by atoms with Crippen molar-refractivity contribution in [2.45, 2.75) is 12.5 Å². The van der Waals surface area contributed by atoms with Crippen molar-refractivity contribution in [3.8, 4) is 0 Å². The Kier molecular flexibility index (Phi) is 3.29. The fraction of sp³-hybridized carbons (Fsp3) is 0.333. The summed E-state index contributed by atoms with van der Waals surface area (Å²) in [7, 11) is 3.46. The molecule has 0 N–H and O–H groups in total. The number of nitrogens with zero attached hydrogens (tertiary/aromatic N) is 3. The number of imide groups is 2. The van der Waals surface area contributed by atoms with Gasteiger partial charge >= 0.3 is 0 Å². The number of carbonyl (C=O) groups is 4. The van der Waals surface area contributed by atoms with E-state index in [0.717, 1.165) is 9.80 Å². The Labute approximate surface area is 127 Å². The van der Waals surface area contributed by atoms with Crippen LogP contribution in [0.15, 0.2) is 24.3 Å². The molecule has 3 rings (SSSR count). The molecule has 1 fully saturated rings. The number of benzene rings is 1. The summed E-state index contributed by atoms with van der Waals surface area (Å²) in [5.74, 6) is -1.91. The monoisotopic (exact) mass is 301 g/mol. The average molecular weight is 301 g/mol. The first-order valence-electron chi connectivity index (χ1n) is 6.87. The van der Waals surface area contributed by atoms with Crippen molar-refractivity contribution in [3.63, 3.8) is 0 Å². The Bertz CT molecular complexity index is 663. The first-order valence-corrected chi connectivity index (χ1v) is 6.87. The molecule has 0 radical (unpaired) electrons. The summed E-state index contributed by atoms with van der Waals surface area (Å²) in [6, 6.07) is 5.38. The van der Waals surface area contributed by atoms with Gasteiger partial charge in [0.05, 0.1) is 24.2 Å². The molecule has 0 aromatic heterocycles. The van der Waals surface area contributed by atoms with Crippen LogP contribution >= 0.6 is 0 Å². The van der Waals surface area contributed by atoms with E-state index in [-0.39, 0.29) is 30.1 Å². The van der Waals surface area contributed by atoms with Crippen molar-refractivity contribution in [2.75, 3.05) is 20.8 Å². The molecule has 0 bridgehead atoms. The third-order valence-electron chi connectivity index (χ3n) is 3.78. The number of carbonyl (C=O) groups excluding carboxylic acids is 4. The number of amides is 4. The van der Waals surface area contributed by atoms with E-state index in [1.165, 1.54) is 0 Å². The van der Waals surface area contributed by atoms with Crippen LogP contribution in [0.25, 0.3) is 0 Å². The van der Waals surface area contributed by atoms with Crippen LogP contribution in [0.1, 0.15) is 27.1 Å². The van der Waals surface area contributed by atoms with Gasteiger partial charge in [-0.3, -0.25) is 33.9 Å². The molecule has 22 heavy (non-hydrogen) atoms. The third kappa shape index (κ3) is 2.01. The van der Waals surface area contributed by atoms with E-state index in [9.17, 15) is 19.2 Å². The van der Waals surface area contributed by atoms with Crippen molar-refractivity contribution in [1.29, 1.82) is 0 Å². The highest BCUT2D eigenvalue weighted by Crippen LogP contribution is 2.29. The zero-order chi connectivity index (χ0) is 16.0. The normalized spacial score (nSPS) is 21.3. The summed E-state index contributed by atoms with van der Waals surface area (Å²) in [6.45, 7) is 0.136. The molecule has 1 aromatic rings. The van der Waals surface area contributed by atoms with Crippen LogP contribution in [0.5, 0.6) is 0 Å². The van der Waals surface area contributed by atoms with Crippen molar-refractivity contribution >= 4 is 23.6 Å². The molecule has 0 saturated carbocycles. The summed E-state index contributed by atoms with van der Waals surface area (Å²) in [4.78, 5) is 52.9. The lowest BCUT2D eigenvalue weighted by atomic mass is 10.1. The van der Waals surface area contributed by atoms with Crippen LogP contribution in [0.2, 0.25) is 0 Å². The molecule has 7 heteroatoms. The molecule has 0 aliphatic carbocycles. The van der Waals surface area contributed by atoms with Crippen molar-refractivity contribution in [2.24, 2.45) is 0 Å². The van der Waals surface area contributed by atoms with Gasteiger partial charge in [0.15, 0.2) is 0 Å². The molecule has 2 heterocycles. The zero-order valence-corrected chi connectivity index (χ0v) is 12.3. The van der Waals surface area contributed by atoms with Gasteiger partial charge < -0.3 is 0 Å². The Morgan fingerprint density at radius 2 is 1.59 bits per heavy atom. The third-order valence-corrected chi connectivity index (χ3v) is 3.78. The van der Waals surface area contributed by atoms with E-state index in [1.54, 1.807) is 43.3 Å². The number of hydrogen-bond acceptors (Lipinski definition) is 5. The number of likely N-dealkylation sites (tertiary alicyclic amines) is 1. The van der Waals surface area contributed by atoms with Gasteiger partial charge in [0.1, 0.15) is 6.04 Å². The highest BCUT2D eigenvalue weighted by Gasteiger charge is 2.49. The fourth-order valence-electron chi connectivity index (χ4n) is 2.79. The number of fused-ring (bicyclic) bond motifs is 1. The summed E-state index contributed by atoms with van der Waals surface area (Å²) in [5.41, 5.74) is 0.553. The Morgan fingerprint density at radius 1 is 1.05 bits per heavy atom. The van der Waals surface area contributed by atoms with E-state index in [2.05, 4.69) is 0 Å². The topological polar surface area (TPSA) is 78.0 Å². The van der Waals surface area contributed by atoms with Gasteiger partial charge in [0, 0.05) is 0 Å². The van der Waals surface area contributed by atoms with Crippen LogP contribution in [0.4, 0.5) is 0 Å². The molecule has 7 nitrogen and oxygen atoms in total.